The standard InChI is InChI=1S/C12H20N4/c1-10-5-6-12(15-14-10)13-8-11-4-3-7-16(2)9-11/h5-6,11H,3-4,7-9H2,1-2H3,(H,13,15). The fourth-order valence-corrected chi connectivity index (χ4v) is 2.18. The Morgan fingerprint density at radius 1 is 1.44 bits per heavy atom. The Balaban J connectivity index is 1.80. The Bertz CT molecular complexity index is 322. The fraction of sp³-hybridized carbons (Fsp3) is 0.667. The van der Waals surface area contributed by atoms with E-state index in [-0.39, 0.29) is 0 Å². The van der Waals surface area contributed by atoms with Crippen molar-refractivity contribution in [2.45, 2.75) is 19.8 Å². The molecule has 0 aromatic carbocycles. The Hall–Kier alpha value is -1.16. The lowest BCUT2D eigenvalue weighted by molar-refractivity contribution is 0.217. The molecule has 4 heteroatoms. The van der Waals surface area contributed by atoms with Crippen molar-refractivity contribution in [3.8, 4) is 0 Å². The van der Waals surface area contributed by atoms with Gasteiger partial charge >= 0.3 is 0 Å². The summed E-state index contributed by atoms with van der Waals surface area (Å²) < 4.78 is 0. The SMILES string of the molecule is Cc1ccc(NCC2CCCN(C)C2)nn1. The molecule has 4 nitrogen and oxygen atoms in total. The van der Waals surface area contributed by atoms with Gasteiger partial charge in [0.05, 0.1) is 5.69 Å². The second-order valence-electron chi connectivity index (χ2n) is 4.71. The molecular weight excluding hydrogens is 200 g/mol. The summed E-state index contributed by atoms with van der Waals surface area (Å²) in [6.45, 7) is 5.38. The number of likely N-dealkylation sites (tertiary alicyclic amines) is 1. The highest BCUT2D eigenvalue weighted by Gasteiger charge is 2.16. The summed E-state index contributed by atoms with van der Waals surface area (Å²) in [6.07, 6.45) is 2.62. The van der Waals surface area contributed by atoms with Gasteiger partial charge in [0.1, 0.15) is 5.82 Å². The number of anilines is 1. The molecule has 0 bridgehead atoms. The van der Waals surface area contributed by atoms with Crippen LogP contribution in [-0.2, 0) is 0 Å². The van der Waals surface area contributed by atoms with Crippen LogP contribution in [0.25, 0.3) is 0 Å². The molecule has 1 aromatic rings. The van der Waals surface area contributed by atoms with E-state index in [9.17, 15) is 0 Å². The molecule has 1 atom stereocenters. The zero-order valence-electron chi connectivity index (χ0n) is 10.1. The van der Waals surface area contributed by atoms with Gasteiger partial charge in [0.25, 0.3) is 0 Å². The lowest BCUT2D eigenvalue weighted by atomic mass is 9.98. The van der Waals surface area contributed by atoms with Gasteiger partial charge in [-0.1, -0.05) is 0 Å². The molecule has 0 aliphatic carbocycles. The monoisotopic (exact) mass is 220 g/mol. The van der Waals surface area contributed by atoms with Gasteiger partial charge < -0.3 is 10.2 Å². The predicted molar refractivity (Wildman–Crippen MR) is 65.5 cm³/mol. The molecule has 1 unspecified atom stereocenters. The van der Waals surface area contributed by atoms with E-state index in [1.807, 2.05) is 19.1 Å². The van der Waals surface area contributed by atoms with E-state index in [2.05, 4.69) is 27.5 Å². The molecule has 16 heavy (non-hydrogen) atoms. The van der Waals surface area contributed by atoms with Crippen LogP contribution in [0, 0.1) is 12.8 Å². The molecule has 1 aliphatic rings. The maximum absolute atomic E-state index is 4.11. The van der Waals surface area contributed by atoms with E-state index in [1.165, 1.54) is 25.9 Å². The topological polar surface area (TPSA) is 41.0 Å². The molecule has 1 N–H and O–H groups in total. The van der Waals surface area contributed by atoms with Crippen LogP contribution in [0.4, 0.5) is 5.82 Å². The summed E-state index contributed by atoms with van der Waals surface area (Å²) in [5.74, 6) is 1.63. The third-order valence-corrected chi connectivity index (χ3v) is 3.09. The number of aryl methyl sites for hydroxylation is 1. The lowest BCUT2D eigenvalue weighted by Crippen LogP contribution is -2.35. The summed E-state index contributed by atoms with van der Waals surface area (Å²) in [6, 6.07) is 3.98. The van der Waals surface area contributed by atoms with Gasteiger partial charge in [0.2, 0.25) is 0 Å². The fourth-order valence-electron chi connectivity index (χ4n) is 2.18. The number of hydrogen-bond donors (Lipinski definition) is 1. The number of hydrogen-bond acceptors (Lipinski definition) is 4. The summed E-state index contributed by atoms with van der Waals surface area (Å²) in [5.41, 5.74) is 0.961. The predicted octanol–water partition coefficient (Wildman–Crippen LogP) is 1.54. The molecule has 0 amide bonds. The van der Waals surface area contributed by atoms with Crippen LogP contribution >= 0.6 is 0 Å². The van der Waals surface area contributed by atoms with Crippen molar-refractivity contribution < 1.29 is 0 Å². The summed E-state index contributed by atoms with van der Waals surface area (Å²) >= 11 is 0. The number of aromatic nitrogens is 2. The molecule has 1 aliphatic heterocycles. The third-order valence-electron chi connectivity index (χ3n) is 3.09. The first kappa shape index (κ1) is 11.3. The zero-order valence-corrected chi connectivity index (χ0v) is 10.1. The first-order valence-corrected chi connectivity index (χ1v) is 5.97. The van der Waals surface area contributed by atoms with Crippen LogP contribution in [0.5, 0.6) is 0 Å². The minimum Gasteiger partial charge on any atom is -0.368 e. The average molecular weight is 220 g/mol. The molecule has 88 valence electrons. The van der Waals surface area contributed by atoms with E-state index >= 15 is 0 Å². The normalized spacial score (nSPS) is 22.0. The average Bonchev–Trinajstić information content (AvgIpc) is 2.28. The third kappa shape index (κ3) is 3.17. The first-order chi connectivity index (χ1) is 7.74. The largest absolute Gasteiger partial charge is 0.368 e. The van der Waals surface area contributed by atoms with Crippen LogP contribution in [0.2, 0.25) is 0 Å². The maximum Gasteiger partial charge on any atom is 0.148 e. The number of rotatable bonds is 3. The molecule has 1 fully saturated rings. The Labute approximate surface area is 97.1 Å². The van der Waals surface area contributed by atoms with Crippen molar-refractivity contribution in [2.75, 3.05) is 32.0 Å². The highest BCUT2D eigenvalue weighted by Crippen LogP contribution is 2.15. The van der Waals surface area contributed by atoms with Gasteiger partial charge in [-0.25, -0.2) is 0 Å². The summed E-state index contributed by atoms with van der Waals surface area (Å²) in [7, 11) is 2.19. The van der Waals surface area contributed by atoms with Crippen molar-refractivity contribution in [3.63, 3.8) is 0 Å². The highest BCUT2D eigenvalue weighted by molar-refractivity contribution is 5.32. The number of piperidine rings is 1. The Morgan fingerprint density at radius 2 is 2.31 bits per heavy atom. The second kappa shape index (κ2) is 5.25. The maximum atomic E-state index is 4.11. The van der Waals surface area contributed by atoms with E-state index < -0.39 is 0 Å². The van der Waals surface area contributed by atoms with Crippen LogP contribution in [0.15, 0.2) is 12.1 Å². The molecule has 1 saturated heterocycles. The van der Waals surface area contributed by atoms with Crippen LogP contribution in [0.1, 0.15) is 18.5 Å². The second-order valence-corrected chi connectivity index (χ2v) is 4.71. The smallest absolute Gasteiger partial charge is 0.148 e. The first-order valence-electron chi connectivity index (χ1n) is 5.97. The minimum absolute atomic E-state index is 0.738. The summed E-state index contributed by atoms with van der Waals surface area (Å²) in [4.78, 5) is 2.40. The van der Waals surface area contributed by atoms with E-state index in [4.69, 9.17) is 0 Å². The van der Waals surface area contributed by atoms with Gasteiger partial charge in [-0.3, -0.25) is 0 Å². The van der Waals surface area contributed by atoms with Crippen molar-refractivity contribution in [1.82, 2.24) is 15.1 Å². The van der Waals surface area contributed by atoms with Gasteiger partial charge in [-0.15, -0.1) is 5.10 Å². The van der Waals surface area contributed by atoms with Gasteiger partial charge in [0.15, 0.2) is 0 Å². The van der Waals surface area contributed by atoms with Gasteiger partial charge in [-0.05, 0) is 51.4 Å². The Kier molecular flexibility index (Phi) is 3.72. The minimum atomic E-state index is 0.738. The van der Waals surface area contributed by atoms with Crippen molar-refractivity contribution in [2.24, 2.45) is 5.92 Å². The van der Waals surface area contributed by atoms with Crippen molar-refractivity contribution >= 4 is 5.82 Å². The zero-order chi connectivity index (χ0) is 11.4. The number of nitrogens with zero attached hydrogens (tertiary/aromatic N) is 3. The molecule has 2 rings (SSSR count). The highest BCUT2D eigenvalue weighted by atomic mass is 15.2. The molecule has 0 radical (unpaired) electrons. The lowest BCUT2D eigenvalue weighted by Gasteiger charge is -2.29. The molecule has 0 saturated carbocycles. The number of nitrogens with one attached hydrogen (secondary N) is 1. The molecule has 2 heterocycles. The van der Waals surface area contributed by atoms with E-state index in [1.54, 1.807) is 0 Å². The van der Waals surface area contributed by atoms with Crippen molar-refractivity contribution in [3.05, 3.63) is 17.8 Å². The van der Waals surface area contributed by atoms with Gasteiger partial charge in [0, 0.05) is 13.1 Å². The van der Waals surface area contributed by atoms with Crippen LogP contribution in [-0.4, -0.2) is 41.8 Å². The summed E-state index contributed by atoms with van der Waals surface area (Å²) in [5, 5.41) is 11.5. The van der Waals surface area contributed by atoms with E-state index in [0.29, 0.717) is 0 Å². The van der Waals surface area contributed by atoms with Crippen LogP contribution in [0.3, 0.4) is 0 Å². The van der Waals surface area contributed by atoms with Crippen LogP contribution < -0.4 is 5.32 Å². The quantitative estimate of drug-likeness (QED) is 0.839. The molecule has 1 aromatic heterocycles. The van der Waals surface area contributed by atoms with E-state index in [0.717, 1.165) is 24.0 Å². The molecule has 0 spiro atoms. The van der Waals surface area contributed by atoms with Crippen molar-refractivity contribution in [1.29, 1.82) is 0 Å². The van der Waals surface area contributed by atoms with Gasteiger partial charge in [-0.2, -0.15) is 5.10 Å². The molecular formula is C12H20N4. The Morgan fingerprint density at radius 3 is 3.00 bits per heavy atom.